The van der Waals surface area contributed by atoms with E-state index in [1.54, 1.807) is 0 Å². The summed E-state index contributed by atoms with van der Waals surface area (Å²) in [6.07, 6.45) is -0.593. The minimum Gasteiger partial charge on any atom is -0.481 e. The largest absolute Gasteiger partial charge is 0.481 e. The van der Waals surface area contributed by atoms with E-state index in [0.717, 1.165) is 0 Å². The summed E-state index contributed by atoms with van der Waals surface area (Å²) in [7, 11) is 0. The molecule has 0 heterocycles. The molecule has 0 aliphatic rings. The van der Waals surface area contributed by atoms with Gasteiger partial charge in [0.05, 0.1) is 19.4 Å². The molecule has 15 heavy (non-hydrogen) atoms. The topological polar surface area (TPSA) is 158 Å². The first-order valence-electron chi connectivity index (χ1n) is 3.84. The number of aliphatic hydroxyl groups is 1. The second-order valence-corrected chi connectivity index (χ2v) is 2.41. The van der Waals surface area contributed by atoms with Gasteiger partial charge in [0.2, 0.25) is 0 Å². The molecule has 8 nitrogen and oxygen atoms in total. The number of aliphatic hydroxyl groups excluding tert-OH is 1. The van der Waals surface area contributed by atoms with Gasteiger partial charge in [0, 0.05) is 0 Å². The van der Waals surface area contributed by atoms with Crippen molar-refractivity contribution in [1.29, 1.82) is 0 Å². The van der Waals surface area contributed by atoms with Gasteiger partial charge in [0.15, 0.2) is 0 Å². The molecule has 88 valence electrons. The Balaban J connectivity index is 0. The van der Waals surface area contributed by atoms with Crippen LogP contribution in [-0.4, -0.2) is 51.0 Å². The van der Waals surface area contributed by atoms with Crippen LogP contribution in [0.1, 0.15) is 12.8 Å². The number of hydrogen-bond donors (Lipinski definition) is 5. The van der Waals surface area contributed by atoms with Gasteiger partial charge in [-0.25, -0.2) is 0 Å². The van der Waals surface area contributed by atoms with E-state index in [2.05, 4.69) is 0 Å². The molecular formula is C7H13NO7. The highest BCUT2D eigenvalue weighted by Crippen LogP contribution is 1.86. The van der Waals surface area contributed by atoms with Crippen molar-refractivity contribution in [3.05, 3.63) is 0 Å². The van der Waals surface area contributed by atoms with Crippen LogP contribution < -0.4 is 5.73 Å². The van der Waals surface area contributed by atoms with Crippen LogP contribution in [0.4, 0.5) is 0 Å². The van der Waals surface area contributed by atoms with Gasteiger partial charge < -0.3 is 26.2 Å². The third kappa shape index (κ3) is 15.1. The molecule has 8 heteroatoms. The molecule has 0 aromatic heterocycles. The number of aliphatic carboxylic acids is 3. The molecule has 1 atom stereocenters. The lowest BCUT2D eigenvalue weighted by Gasteiger charge is -1.96. The third-order valence-electron chi connectivity index (χ3n) is 1.07. The van der Waals surface area contributed by atoms with E-state index in [1.165, 1.54) is 0 Å². The van der Waals surface area contributed by atoms with Crippen LogP contribution in [0, 0.1) is 0 Å². The molecule has 0 saturated carbocycles. The van der Waals surface area contributed by atoms with Crippen molar-refractivity contribution in [1.82, 2.24) is 0 Å². The average molecular weight is 223 g/mol. The van der Waals surface area contributed by atoms with E-state index < -0.39 is 30.6 Å². The summed E-state index contributed by atoms with van der Waals surface area (Å²) in [5.41, 5.74) is 4.77. The van der Waals surface area contributed by atoms with E-state index in [9.17, 15) is 14.4 Å². The fourth-order valence-corrected chi connectivity index (χ4v) is 0.292. The molecule has 0 fully saturated rings. The molecule has 0 aliphatic carbocycles. The monoisotopic (exact) mass is 223 g/mol. The summed E-state index contributed by atoms with van der Waals surface area (Å²) in [5.74, 6) is -3.33. The molecule has 0 spiro atoms. The normalized spacial score (nSPS) is 10.8. The molecule has 0 bridgehead atoms. The van der Waals surface area contributed by atoms with Gasteiger partial charge in [-0.3, -0.25) is 14.4 Å². The Morgan fingerprint density at radius 3 is 1.40 bits per heavy atom. The van der Waals surface area contributed by atoms with Gasteiger partial charge in [0.25, 0.3) is 0 Å². The van der Waals surface area contributed by atoms with Crippen molar-refractivity contribution in [2.24, 2.45) is 5.73 Å². The fourth-order valence-electron chi connectivity index (χ4n) is 0.292. The Bertz CT molecular complexity index is 213. The minimum atomic E-state index is -1.18. The molecule has 0 aliphatic heterocycles. The van der Waals surface area contributed by atoms with Crippen LogP contribution in [0.2, 0.25) is 0 Å². The van der Waals surface area contributed by atoms with Gasteiger partial charge in [-0.05, 0) is 0 Å². The quantitative estimate of drug-likeness (QED) is 0.370. The Morgan fingerprint density at radius 2 is 1.33 bits per heavy atom. The first kappa shape index (κ1) is 15.8. The predicted molar refractivity (Wildman–Crippen MR) is 47.2 cm³/mol. The maximum Gasteiger partial charge on any atom is 0.322 e. The Morgan fingerprint density at radius 1 is 1.00 bits per heavy atom. The van der Waals surface area contributed by atoms with Crippen LogP contribution >= 0.6 is 0 Å². The summed E-state index contributed by atoms with van der Waals surface area (Å²) in [4.78, 5) is 28.9. The molecule has 0 aromatic carbocycles. The number of carbonyl (C=O) groups is 3. The van der Waals surface area contributed by atoms with Crippen LogP contribution in [0.3, 0.4) is 0 Å². The smallest absolute Gasteiger partial charge is 0.322 e. The second kappa shape index (κ2) is 8.91. The van der Waals surface area contributed by atoms with Gasteiger partial charge in [-0.15, -0.1) is 0 Å². The number of hydrogen-bond acceptors (Lipinski definition) is 5. The molecule has 0 unspecified atom stereocenters. The molecular weight excluding hydrogens is 210 g/mol. The average Bonchev–Trinajstić information content (AvgIpc) is 2.14. The highest BCUT2D eigenvalue weighted by atomic mass is 16.4. The van der Waals surface area contributed by atoms with E-state index >= 15 is 0 Å². The van der Waals surface area contributed by atoms with E-state index in [0.29, 0.717) is 0 Å². The highest BCUT2D eigenvalue weighted by Gasteiger charge is 2.07. The third-order valence-corrected chi connectivity index (χ3v) is 1.07. The predicted octanol–water partition coefficient (Wildman–Crippen LogP) is -1.67. The lowest BCUT2D eigenvalue weighted by molar-refractivity contribution is -0.143. The number of carboxylic acids is 3. The molecule has 0 aromatic rings. The van der Waals surface area contributed by atoms with Gasteiger partial charge in [0.1, 0.15) is 6.04 Å². The Hall–Kier alpha value is -1.67. The number of carboxylic acid groups (broad SMARTS) is 3. The first-order chi connectivity index (χ1) is 6.81. The van der Waals surface area contributed by atoms with Crippen molar-refractivity contribution in [3.8, 4) is 0 Å². The maximum atomic E-state index is 9.65. The van der Waals surface area contributed by atoms with Crippen molar-refractivity contribution < 1.29 is 34.8 Å². The van der Waals surface area contributed by atoms with E-state index in [-0.39, 0.29) is 12.8 Å². The zero-order chi connectivity index (χ0) is 12.4. The molecule has 6 N–H and O–H groups in total. The zero-order valence-electron chi connectivity index (χ0n) is 7.79. The van der Waals surface area contributed by atoms with Crippen molar-refractivity contribution in [2.75, 3.05) is 6.61 Å². The summed E-state index contributed by atoms with van der Waals surface area (Å²) >= 11 is 0. The van der Waals surface area contributed by atoms with Crippen molar-refractivity contribution in [3.63, 3.8) is 0 Å². The highest BCUT2D eigenvalue weighted by molar-refractivity contribution is 5.75. The Kier molecular flexibility index (Phi) is 9.37. The minimum absolute atomic E-state index is 0.296. The van der Waals surface area contributed by atoms with Crippen LogP contribution in [0.5, 0.6) is 0 Å². The van der Waals surface area contributed by atoms with E-state index in [1.807, 2.05) is 0 Å². The fraction of sp³-hybridized carbons (Fsp3) is 0.571. The van der Waals surface area contributed by atoms with Crippen LogP contribution in [0.15, 0.2) is 0 Å². The summed E-state index contributed by atoms with van der Waals surface area (Å²) < 4.78 is 0. The summed E-state index contributed by atoms with van der Waals surface area (Å²) in [5, 5.41) is 31.7. The maximum absolute atomic E-state index is 9.65. The lowest BCUT2D eigenvalue weighted by atomic mass is 10.3. The van der Waals surface area contributed by atoms with Crippen LogP contribution in [-0.2, 0) is 14.4 Å². The molecule has 0 amide bonds. The van der Waals surface area contributed by atoms with Gasteiger partial charge in [-0.2, -0.15) is 0 Å². The first-order valence-corrected chi connectivity index (χ1v) is 3.84. The standard InChI is InChI=1S/C4H6O4.C3H7NO3/c5-3(6)1-2-4(7)8;4-2(1-5)3(6)7/h1-2H2,(H,5,6)(H,7,8);2,5H,1,4H2,(H,6,7)/t;2-/m.0/s1. The Labute approximate surface area is 84.9 Å². The lowest BCUT2D eigenvalue weighted by Crippen LogP contribution is -2.33. The van der Waals surface area contributed by atoms with E-state index in [4.69, 9.17) is 26.2 Å². The molecule has 0 saturated heterocycles. The number of nitrogens with two attached hydrogens (primary N) is 1. The molecule has 0 rings (SSSR count). The second-order valence-electron chi connectivity index (χ2n) is 2.41. The number of rotatable bonds is 5. The summed E-state index contributed by atoms with van der Waals surface area (Å²) in [6, 6.07) is -1.13. The zero-order valence-corrected chi connectivity index (χ0v) is 7.79. The molecule has 0 radical (unpaired) electrons. The van der Waals surface area contributed by atoms with Crippen molar-refractivity contribution in [2.45, 2.75) is 18.9 Å². The SMILES string of the molecule is N[C@@H](CO)C(=O)O.O=C(O)CCC(=O)O. The van der Waals surface area contributed by atoms with Crippen LogP contribution in [0.25, 0.3) is 0 Å². The van der Waals surface area contributed by atoms with Crippen molar-refractivity contribution >= 4 is 17.9 Å². The van der Waals surface area contributed by atoms with Gasteiger partial charge in [-0.1, -0.05) is 0 Å². The van der Waals surface area contributed by atoms with Gasteiger partial charge >= 0.3 is 17.9 Å². The summed E-state index contributed by atoms with van der Waals surface area (Å²) in [6.45, 7) is -0.505.